The van der Waals surface area contributed by atoms with E-state index in [0.717, 1.165) is 13.2 Å². The minimum atomic E-state index is 0.398. The SMILES string of the molecule is C=CC1COC/C1=C\c1ccccc1. The van der Waals surface area contributed by atoms with Crippen molar-refractivity contribution in [1.29, 1.82) is 0 Å². The first-order valence-corrected chi connectivity index (χ1v) is 4.86. The van der Waals surface area contributed by atoms with Crippen LogP contribution in [0.2, 0.25) is 0 Å². The molecule has 1 heterocycles. The molecule has 1 nitrogen and oxygen atoms in total. The van der Waals surface area contributed by atoms with Crippen molar-refractivity contribution in [3.05, 3.63) is 54.1 Å². The van der Waals surface area contributed by atoms with E-state index in [1.54, 1.807) is 0 Å². The summed E-state index contributed by atoms with van der Waals surface area (Å²) in [6.45, 7) is 5.34. The van der Waals surface area contributed by atoms with Crippen LogP contribution in [0.3, 0.4) is 0 Å². The van der Waals surface area contributed by atoms with Gasteiger partial charge in [-0.05, 0) is 11.1 Å². The highest BCUT2D eigenvalue weighted by molar-refractivity contribution is 5.54. The highest BCUT2D eigenvalue weighted by Gasteiger charge is 2.17. The third kappa shape index (κ3) is 1.94. The van der Waals surface area contributed by atoms with E-state index >= 15 is 0 Å². The van der Waals surface area contributed by atoms with Crippen LogP contribution in [-0.4, -0.2) is 13.2 Å². The summed E-state index contributed by atoms with van der Waals surface area (Å²) in [5.74, 6) is 0.398. The smallest absolute Gasteiger partial charge is 0.0687 e. The molecule has 2 rings (SSSR count). The first-order valence-electron chi connectivity index (χ1n) is 4.86. The second kappa shape index (κ2) is 4.25. The fourth-order valence-corrected chi connectivity index (χ4v) is 1.65. The summed E-state index contributed by atoms with van der Waals surface area (Å²) in [6.07, 6.45) is 4.15. The molecular weight excluding hydrogens is 172 g/mol. The zero-order chi connectivity index (χ0) is 9.80. The molecule has 1 fully saturated rings. The summed E-state index contributed by atoms with van der Waals surface area (Å²) in [5.41, 5.74) is 2.56. The maximum atomic E-state index is 5.39. The van der Waals surface area contributed by atoms with Crippen LogP contribution in [0.4, 0.5) is 0 Å². The molecule has 0 aliphatic carbocycles. The Hall–Kier alpha value is -1.34. The first-order chi connectivity index (χ1) is 6.90. The summed E-state index contributed by atoms with van der Waals surface area (Å²) in [7, 11) is 0. The number of benzene rings is 1. The highest BCUT2D eigenvalue weighted by atomic mass is 16.5. The van der Waals surface area contributed by atoms with E-state index in [4.69, 9.17) is 4.74 Å². The van der Waals surface area contributed by atoms with Crippen molar-refractivity contribution < 1.29 is 4.74 Å². The van der Waals surface area contributed by atoms with Crippen molar-refractivity contribution in [2.24, 2.45) is 5.92 Å². The lowest BCUT2D eigenvalue weighted by Crippen LogP contribution is -1.96. The third-order valence-corrected chi connectivity index (χ3v) is 2.48. The summed E-state index contributed by atoms with van der Waals surface area (Å²) >= 11 is 0. The topological polar surface area (TPSA) is 9.23 Å². The van der Waals surface area contributed by atoms with Crippen LogP contribution < -0.4 is 0 Å². The van der Waals surface area contributed by atoms with Gasteiger partial charge in [0.1, 0.15) is 0 Å². The molecule has 0 radical (unpaired) electrons. The number of ether oxygens (including phenoxy) is 1. The Morgan fingerprint density at radius 1 is 1.29 bits per heavy atom. The van der Waals surface area contributed by atoms with E-state index < -0.39 is 0 Å². The van der Waals surface area contributed by atoms with Gasteiger partial charge < -0.3 is 4.74 Å². The second-order valence-electron chi connectivity index (χ2n) is 3.49. The van der Waals surface area contributed by atoms with Crippen molar-refractivity contribution in [2.45, 2.75) is 0 Å². The van der Waals surface area contributed by atoms with Gasteiger partial charge >= 0.3 is 0 Å². The number of rotatable bonds is 2. The molecular formula is C13H14O. The van der Waals surface area contributed by atoms with Crippen LogP contribution in [0, 0.1) is 5.92 Å². The van der Waals surface area contributed by atoms with E-state index in [1.165, 1.54) is 11.1 Å². The van der Waals surface area contributed by atoms with Crippen molar-refractivity contribution >= 4 is 6.08 Å². The van der Waals surface area contributed by atoms with E-state index in [2.05, 4.69) is 24.8 Å². The molecule has 72 valence electrons. The Kier molecular flexibility index (Phi) is 2.80. The lowest BCUT2D eigenvalue weighted by Gasteiger charge is -2.02. The van der Waals surface area contributed by atoms with Gasteiger partial charge in [-0.25, -0.2) is 0 Å². The fourth-order valence-electron chi connectivity index (χ4n) is 1.65. The molecule has 1 heteroatoms. The molecule has 1 aliphatic rings. The molecule has 0 aromatic heterocycles. The predicted molar refractivity (Wildman–Crippen MR) is 58.9 cm³/mol. The maximum absolute atomic E-state index is 5.39. The molecule has 0 spiro atoms. The molecule has 1 saturated heterocycles. The van der Waals surface area contributed by atoms with Gasteiger partial charge in [-0.3, -0.25) is 0 Å². The van der Waals surface area contributed by atoms with Gasteiger partial charge in [0.25, 0.3) is 0 Å². The summed E-state index contributed by atoms with van der Waals surface area (Å²) in [4.78, 5) is 0. The number of hydrogen-bond acceptors (Lipinski definition) is 1. The molecule has 0 bridgehead atoms. The van der Waals surface area contributed by atoms with Crippen LogP contribution >= 0.6 is 0 Å². The van der Waals surface area contributed by atoms with E-state index in [1.807, 2.05) is 24.3 Å². The van der Waals surface area contributed by atoms with Gasteiger partial charge in [-0.2, -0.15) is 0 Å². The predicted octanol–water partition coefficient (Wildman–Crippen LogP) is 2.90. The maximum Gasteiger partial charge on any atom is 0.0687 e. The van der Waals surface area contributed by atoms with Gasteiger partial charge in [0.05, 0.1) is 13.2 Å². The van der Waals surface area contributed by atoms with Crippen LogP contribution in [-0.2, 0) is 4.74 Å². The fraction of sp³-hybridized carbons (Fsp3) is 0.231. The van der Waals surface area contributed by atoms with Crippen molar-refractivity contribution in [3.8, 4) is 0 Å². The van der Waals surface area contributed by atoms with Crippen molar-refractivity contribution in [3.63, 3.8) is 0 Å². The van der Waals surface area contributed by atoms with Crippen LogP contribution in [0.5, 0.6) is 0 Å². The van der Waals surface area contributed by atoms with E-state index in [0.29, 0.717) is 5.92 Å². The molecule has 1 aliphatic heterocycles. The summed E-state index contributed by atoms with van der Waals surface area (Å²) < 4.78 is 5.39. The van der Waals surface area contributed by atoms with Crippen LogP contribution in [0.1, 0.15) is 5.56 Å². The molecule has 0 N–H and O–H groups in total. The molecule has 1 aromatic rings. The Bertz CT molecular complexity index is 338. The zero-order valence-corrected chi connectivity index (χ0v) is 8.15. The van der Waals surface area contributed by atoms with Gasteiger partial charge in [-0.15, -0.1) is 6.58 Å². The average Bonchev–Trinajstić information content (AvgIpc) is 2.67. The van der Waals surface area contributed by atoms with Crippen molar-refractivity contribution in [1.82, 2.24) is 0 Å². The zero-order valence-electron chi connectivity index (χ0n) is 8.15. The Labute approximate surface area is 84.7 Å². The minimum Gasteiger partial charge on any atom is -0.376 e. The molecule has 1 aromatic carbocycles. The second-order valence-corrected chi connectivity index (χ2v) is 3.49. The normalized spacial score (nSPS) is 24.0. The molecule has 1 unspecified atom stereocenters. The van der Waals surface area contributed by atoms with E-state index in [-0.39, 0.29) is 0 Å². The first kappa shape index (κ1) is 9.22. The molecule has 0 amide bonds. The number of hydrogen-bond donors (Lipinski definition) is 0. The van der Waals surface area contributed by atoms with Gasteiger partial charge in [0.2, 0.25) is 0 Å². The van der Waals surface area contributed by atoms with Crippen molar-refractivity contribution in [2.75, 3.05) is 13.2 Å². The highest BCUT2D eigenvalue weighted by Crippen LogP contribution is 2.22. The van der Waals surface area contributed by atoms with Crippen LogP contribution in [0.15, 0.2) is 48.6 Å². The third-order valence-electron chi connectivity index (χ3n) is 2.48. The molecule has 0 saturated carbocycles. The Balaban J connectivity index is 2.22. The lowest BCUT2D eigenvalue weighted by molar-refractivity contribution is 0.195. The Morgan fingerprint density at radius 3 is 2.79 bits per heavy atom. The average molecular weight is 186 g/mol. The van der Waals surface area contributed by atoms with E-state index in [9.17, 15) is 0 Å². The quantitative estimate of drug-likeness (QED) is 0.645. The molecule has 14 heavy (non-hydrogen) atoms. The summed E-state index contributed by atoms with van der Waals surface area (Å²) in [5, 5.41) is 0. The lowest BCUT2D eigenvalue weighted by atomic mass is 10.0. The standard InChI is InChI=1S/C13H14O/c1-2-12-9-14-10-13(12)8-11-6-4-3-5-7-11/h2-8,12H,1,9-10H2/b13-8+. The largest absolute Gasteiger partial charge is 0.376 e. The summed E-state index contributed by atoms with van der Waals surface area (Å²) in [6, 6.07) is 10.3. The van der Waals surface area contributed by atoms with Gasteiger partial charge in [0, 0.05) is 5.92 Å². The van der Waals surface area contributed by atoms with Gasteiger partial charge in [0.15, 0.2) is 0 Å². The minimum absolute atomic E-state index is 0.398. The Morgan fingerprint density at radius 2 is 2.07 bits per heavy atom. The monoisotopic (exact) mass is 186 g/mol. The molecule has 1 atom stereocenters. The van der Waals surface area contributed by atoms with Crippen LogP contribution in [0.25, 0.3) is 6.08 Å². The van der Waals surface area contributed by atoms with Gasteiger partial charge in [-0.1, -0.05) is 42.5 Å².